The Kier molecular flexibility index (Phi) is 5.05. The first-order valence-electron chi connectivity index (χ1n) is 8.21. The van der Waals surface area contributed by atoms with Crippen molar-refractivity contribution in [2.75, 3.05) is 38.5 Å². The maximum absolute atomic E-state index is 12.4. The van der Waals surface area contributed by atoms with E-state index in [9.17, 15) is 4.79 Å². The van der Waals surface area contributed by atoms with Crippen molar-refractivity contribution in [2.45, 2.75) is 13.5 Å². The fourth-order valence-corrected chi connectivity index (χ4v) is 2.61. The number of nitrogens with zero attached hydrogens (tertiary/aromatic N) is 4. The molecular weight excluding hydrogens is 302 g/mol. The van der Waals surface area contributed by atoms with Crippen molar-refractivity contribution in [3.8, 4) is 0 Å². The first kappa shape index (κ1) is 16.4. The summed E-state index contributed by atoms with van der Waals surface area (Å²) in [4.78, 5) is 25.0. The number of carbonyl (C=O) groups is 1. The Morgan fingerprint density at radius 1 is 1.08 bits per heavy atom. The van der Waals surface area contributed by atoms with Gasteiger partial charge in [-0.3, -0.25) is 4.79 Å². The topological polar surface area (TPSA) is 61.4 Å². The Labute approximate surface area is 142 Å². The molecule has 126 valence electrons. The van der Waals surface area contributed by atoms with E-state index < -0.39 is 0 Å². The molecule has 24 heavy (non-hydrogen) atoms. The molecule has 0 atom stereocenters. The monoisotopic (exact) mass is 325 g/mol. The van der Waals surface area contributed by atoms with Crippen LogP contribution in [0.3, 0.4) is 0 Å². The zero-order valence-corrected chi connectivity index (χ0v) is 14.2. The number of aryl methyl sites for hydroxylation is 1. The summed E-state index contributed by atoms with van der Waals surface area (Å²) in [5.74, 6) is 0.540. The number of piperazine rings is 1. The maximum Gasteiger partial charge on any atom is 0.257 e. The van der Waals surface area contributed by atoms with Gasteiger partial charge in [0.25, 0.3) is 5.91 Å². The van der Waals surface area contributed by atoms with E-state index in [4.69, 9.17) is 0 Å². The van der Waals surface area contributed by atoms with Gasteiger partial charge in [0.05, 0.1) is 5.56 Å². The number of benzene rings is 1. The number of likely N-dealkylation sites (N-methyl/N-ethyl adjacent to an activating group) is 1. The summed E-state index contributed by atoms with van der Waals surface area (Å²) in [6, 6.07) is 8.31. The highest BCUT2D eigenvalue weighted by atomic mass is 16.2. The fraction of sp³-hybridized carbons (Fsp3) is 0.389. The predicted molar refractivity (Wildman–Crippen MR) is 93.9 cm³/mol. The first-order chi connectivity index (χ1) is 11.6. The molecule has 1 fully saturated rings. The lowest BCUT2D eigenvalue weighted by atomic mass is 10.1. The van der Waals surface area contributed by atoms with Crippen molar-refractivity contribution in [1.29, 1.82) is 0 Å². The normalized spacial score (nSPS) is 15.3. The minimum absolute atomic E-state index is 0.00758. The van der Waals surface area contributed by atoms with Crippen LogP contribution in [0, 0.1) is 6.92 Å². The fourth-order valence-electron chi connectivity index (χ4n) is 2.61. The van der Waals surface area contributed by atoms with E-state index in [1.165, 1.54) is 11.1 Å². The van der Waals surface area contributed by atoms with Crippen LogP contribution in [-0.4, -0.2) is 58.9 Å². The van der Waals surface area contributed by atoms with Gasteiger partial charge < -0.3 is 15.1 Å². The van der Waals surface area contributed by atoms with E-state index in [-0.39, 0.29) is 5.91 Å². The molecule has 0 unspecified atom stereocenters. The van der Waals surface area contributed by atoms with Gasteiger partial charge in [0, 0.05) is 45.1 Å². The zero-order chi connectivity index (χ0) is 16.9. The van der Waals surface area contributed by atoms with Gasteiger partial charge in [-0.2, -0.15) is 0 Å². The molecule has 0 radical (unpaired) electrons. The van der Waals surface area contributed by atoms with Gasteiger partial charge in [-0.15, -0.1) is 0 Å². The number of rotatable bonds is 4. The van der Waals surface area contributed by atoms with Crippen molar-refractivity contribution >= 4 is 11.9 Å². The molecule has 0 bridgehead atoms. The predicted octanol–water partition coefficient (Wildman–Crippen LogP) is 1.78. The molecule has 1 amide bonds. The average molecular weight is 325 g/mol. The molecule has 0 aliphatic carbocycles. The van der Waals surface area contributed by atoms with E-state index in [0.29, 0.717) is 18.1 Å². The highest BCUT2D eigenvalue weighted by Crippen LogP contribution is 2.09. The van der Waals surface area contributed by atoms with Gasteiger partial charge in [0.15, 0.2) is 0 Å². The van der Waals surface area contributed by atoms with Crippen molar-refractivity contribution in [2.24, 2.45) is 0 Å². The lowest BCUT2D eigenvalue weighted by molar-refractivity contribution is 0.0663. The van der Waals surface area contributed by atoms with Crippen LogP contribution in [0.1, 0.15) is 21.5 Å². The summed E-state index contributed by atoms with van der Waals surface area (Å²) >= 11 is 0. The molecule has 2 aromatic rings. The van der Waals surface area contributed by atoms with Crippen LogP contribution in [0.15, 0.2) is 36.7 Å². The largest absolute Gasteiger partial charge is 0.350 e. The minimum Gasteiger partial charge on any atom is -0.350 e. The first-order valence-corrected chi connectivity index (χ1v) is 8.21. The van der Waals surface area contributed by atoms with E-state index in [1.807, 2.05) is 4.90 Å². The molecule has 0 spiro atoms. The van der Waals surface area contributed by atoms with Gasteiger partial charge in [-0.05, 0) is 19.5 Å². The van der Waals surface area contributed by atoms with Crippen LogP contribution in [-0.2, 0) is 6.54 Å². The molecule has 1 saturated heterocycles. The van der Waals surface area contributed by atoms with Gasteiger partial charge >= 0.3 is 0 Å². The molecule has 1 aliphatic heterocycles. The summed E-state index contributed by atoms with van der Waals surface area (Å²) in [5.41, 5.74) is 2.95. The number of hydrogen-bond donors (Lipinski definition) is 1. The molecule has 2 heterocycles. The van der Waals surface area contributed by atoms with Crippen LogP contribution in [0.2, 0.25) is 0 Å². The maximum atomic E-state index is 12.4. The Morgan fingerprint density at radius 2 is 1.71 bits per heavy atom. The lowest BCUT2D eigenvalue weighted by Gasteiger charge is -2.32. The molecule has 6 heteroatoms. The van der Waals surface area contributed by atoms with Crippen LogP contribution in [0.25, 0.3) is 0 Å². The van der Waals surface area contributed by atoms with Gasteiger partial charge in [-0.25, -0.2) is 9.97 Å². The summed E-state index contributed by atoms with van der Waals surface area (Å²) in [7, 11) is 2.07. The minimum atomic E-state index is 0.00758. The number of aromatic nitrogens is 2. The van der Waals surface area contributed by atoms with Crippen molar-refractivity contribution in [3.63, 3.8) is 0 Å². The summed E-state index contributed by atoms with van der Waals surface area (Å²) < 4.78 is 0. The molecule has 6 nitrogen and oxygen atoms in total. The molecule has 1 aliphatic rings. The third kappa shape index (κ3) is 4.08. The van der Waals surface area contributed by atoms with Crippen LogP contribution >= 0.6 is 0 Å². The number of nitrogens with one attached hydrogen (secondary N) is 1. The molecule has 3 rings (SSSR count). The van der Waals surface area contributed by atoms with E-state index in [1.54, 1.807) is 12.4 Å². The number of anilines is 1. The Bertz CT molecular complexity index is 676. The second-order valence-corrected chi connectivity index (χ2v) is 6.23. The van der Waals surface area contributed by atoms with Crippen molar-refractivity contribution < 1.29 is 4.79 Å². The van der Waals surface area contributed by atoms with Crippen molar-refractivity contribution in [3.05, 3.63) is 53.3 Å². The van der Waals surface area contributed by atoms with Gasteiger partial charge in [-0.1, -0.05) is 29.8 Å². The molecule has 1 N–H and O–H groups in total. The molecule has 1 aromatic heterocycles. The highest BCUT2D eigenvalue weighted by molar-refractivity contribution is 5.93. The zero-order valence-electron chi connectivity index (χ0n) is 14.2. The number of amides is 1. The van der Waals surface area contributed by atoms with Crippen LogP contribution in [0.4, 0.5) is 5.95 Å². The number of hydrogen-bond acceptors (Lipinski definition) is 5. The molecule has 0 saturated carbocycles. The Morgan fingerprint density at radius 3 is 2.33 bits per heavy atom. The second kappa shape index (κ2) is 7.40. The number of carbonyl (C=O) groups excluding carboxylic acids is 1. The summed E-state index contributed by atoms with van der Waals surface area (Å²) in [6.07, 6.45) is 3.20. The third-order valence-electron chi connectivity index (χ3n) is 4.26. The van der Waals surface area contributed by atoms with Crippen LogP contribution in [0.5, 0.6) is 0 Å². The molecular formula is C18H23N5O. The third-order valence-corrected chi connectivity index (χ3v) is 4.26. The van der Waals surface area contributed by atoms with Gasteiger partial charge in [0.2, 0.25) is 5.95 Å². The Balaban J connectivity index is 1.56. The smallest absolute Gasteiger partial charge is 0.257 e. The summed E-state index contributed by atoms with van der Waals surface area (Å²) in [5, 5.41) is 3.18. The SMILES string of the molecule is Cc1ccc(CNc2ncc(C(=O)N3CCN(C)CC3)cn2)cc1. The summed E-state index contributed by atoms with van der Waals surface area (Å²) in [6.45, 7) is 6.04. The lowest BCUT2D eigenvalue weighted by Crippen LogP contribution is -2.47. The van der Waals surface area contributed by atoms with E-state index in [0.717, 1.165) is 26.2 Å². The standard InChI is InChI=1S/C18H23N5O/c1-14-3-5-15(6-4-14)11-19-18-20-12-16(13-21-18)17(24)23-9-7-22(2)8-10-23/h3-6,12-13H,7-11H2,1-2H3,(H,19,20,21). The average Bonchev–Trinajstić information content (AvgIpc) is 2.62. The Hall–Kier alpha value is -2.47. The van der Waals surface area contributed by atoms with E-state index in [2.05, 4.69) is 58.4 Å². The second-order valence-electron chi connectivity index (χ2n) is 6.23. The highest BCUT2D eigenvalue weighted by Gasteiger charge is 2.20. The quantitative estimate of drug-likeness (QED) is 0.928. The van der Waals surface area contributed by atoms with Crippen molar-refractivity contribution in [1.82, 2.24) is 19.8 Å². The van der Waals surface area contributed by atoms with Crippen LogP contribution < -0.4 is 5.32 Å². The van der Waals surface area contributed by atoms with E-state index >= 15 is 0 Å². The molecule has 1 aromatic carbocycles. The van der Waals surface area contributed by atoms with Gasteiger partial charge in [0.1, 0.15) is 0 Å².